The second-order valence-electron chi connectivity index (χ2n) is 6.30. The molecule has 0 bridgehead atoms. The fraction of sp³-hybridized carbons (Fsp3) is 0.647. The molecule has 1 heterocycles. The van der Waals surface area contributed by atoms with Gasteiger partial charge in [-0.1, -0.05) is 13.0 Å². The van der Waals surface area contributed by atoms with Crippen LogP contribution in [0.5, 0.6) is 5.75 Å². The third-order valence-corrected chi connectivity index (χ3v) is 4.35. The number of hydrogen-bond donors (Lipinski definition) is 3. The first kappa shape index (κ1) is 17.2. The van der Waals surface area contributed by atoms with Crippen molar-refractivity contribution in [3.05, 3.63) is 29.3 Å². The predicted octanol–water partition coefficient (Wildman–Crippen LogP) is 1.11. The number of aliphatic hydroxyl groups is 3. The number of nitrogens with zero attached hydrogens (tertiary/aromatic N) is 1. The van der Waals surface area contributed by atoms with Crippen molar-refractivity contribution in [1.29, 1.82) is 0 Å². The average molecular weight is 309 g/mol. The van der Waals surface area contributed by atoms with Gasteiger partial charge in [-0.15, -0.1) is 0 Å². The summed E-state index contributed by atoms with van der Waals surface area (Å²) >= 11 is 0. The average Bonchev–Trinajstić information content (AvgIpc) is 2.46. The zero-order valence-corrected chi connectivity index (χ0v) is 13.6. The van der Waals surface area contributed by atoms with Crippen molar-refractivity contribution in [2.75, 3.05) is 26.3 Å². The monoisotopic (exact) mass is 309 g/mol. The fourth-order valence-electron chi connectivity index (χ4n) is 3.32. The Balaban J connectivity index is 2.40. The van der Waals surface area contributed by atoms with E-state index in [1.165, 1.54) is 0 Å². The lowest BCUT2D eigenvalue weighted by Gasteiger charge is -2.48. The molecule has 1 aliphatic heterocycles. The summed E-state index contributed by atoms with van der Waals surface area (Å²) in [5, 5.41) is 29.5. The SMILES string of the molecule is CCc1ccc2c(c1)C(O)C(N(CCO)CCO)C(C)(C)O2. The first-order valence-corrected chi connectivity index (χ1v) is 7.90. The normalized spacial score (nSPS) is 23.2. The summed E-state index contributed by atoms with van der Waals surface area (Å²) < 4.78 is 6.11. The summed E-state index contributed by atoms with van der Waals surface area (Å²) in [7, 11) is 0. The molecule has 0 aliphatic carbocycles. The van der Waals surface area contributed by atoms with E-state index in [9.17, 15) is 15.3 Å². The third-order valence-electron chi connectivity index (χ3n) is 4.35. The molecular formula is C17H27NO4. The molecule has 3 N–H and O–H groups in total. The number of aliphatic hydroxyl groups excluding tert-OH is 3. The van der Waals surface area contributed by atoms with Crippen LogP contribution in [0.1, 0.15) is 38.0 Å². The van der Waals surface area contributed by atoms with Gasteiger partial charge in [-0.25, -0.2) is 0 Å². The quantitative estimate of drug-likeness (QED) is 0.734. The van der Waals surface area contributed by atoms with E-state index < -0.39 is 11.7 Å². The molecule has 1 aliphatic rings. The van der Waals surface area contributed by atoms with Gasteiger partial charge in [0, 0.05) is 18.7 Å². The lowest BCUT2D eigenvalue weighted by Crippen LogP contribution is -2.59. The summed E-state index contributed by atoms with van der Waals surface area (Å²) in [6.07, 6.45) is 0.175. The van der Waals surface area contributed by atoms with Gasteiger partial charge in [0.2, 0.25) is 0 Å². The van der Waals surface area contributed by atoms with Gasteiger partial charge in [-0.2, -0.15) is 0 Å². The highest BCUT2D eigenvalue weighted by molar-refractivity contribution is 5.42. The Morgan fingerprint density at radius 1 is 1.18 bits per heavy atom. The highest BCUT2D eigenvalue weighted by Crippen LogP contribution is 2.42. The van der Waals surface area contributed by atoms with Crippen LogP contribution in [-0.2, 0) is 6.42 Å². The Bertz CT molecular complexity index is 497. The first-order valence-electron chi connectivity index (χ1n) is 7.90. The molecule has 0 spiro atoms. The first-order chi connectivity index (χ1) is 10.4. The topological polar surface area (TPSA) is 73.2 Å². The lowest BCUT2D eigenvalue weighted by molar-refractivity contribution is -0.0884. The van der Waals surface area contributed by atoms with Crippen molar-refractivity contribution in [3.63, 3.8) is 0 Å². The van der Waals surface area contributed by atoms with Crippen LogP contribution in [0.2, 0.25) is 0 Å². The lowest BCUT2D eigenvalue weighted by atomic mass is 9.84. The van der Waals surface area contributed by atoms with Crippen LogP contribution in [0, 0.1) is 0 Å². The van der Waals surface area contributed by atoms with Crippen molar-refractivity contribution >= 4 is 0 Å². The summed E-state index contributed by atoms with van der Waals surface area (Å²) in [5.41, 5.74) is 1.31. The molecule has 0 saturated carbocycles. The van der Waals surface area contributed by atoms with E-state index in [-0.39, 0.29) is 19.3 Å². The summed E-state index contributed by atoms with van der Waals surface area (Å²) in [5.74, 6) is 0.707. The highest BCUT2D eigenvalue weighted by atomic mass is 16.5. The zero-order valence-electron chi connectivity index (χ0n) is 13.6. The fourth-order valence-corrected chi connectivity index (χ4v) is 3.32. The van der Waals surface area contributed by atoms with Crippen molar-refractivity contribution in [3.8, 4) is 5.75 Å². The zero-order chi connectivity index (χ0) is 16.3. The van der Waals surface area contributed by atoms with Crippen LogP contribution in [0.3, 0.4) is 0 Å². The van der Waals surface area contributed by atoms with Gasteiger partial charge in [0.25, 0.3) is 0 Å². The molecule has 1 aromatic carbocycles. The minimum atomic E-state index is -0.719. The molecule has 0 fully saturated rings. The standard InChI is InChI=1S/C17H27NO4/c1-4-12-5-6-14-13(11-12)15(21)16(17(2,3)22-14)18(7-9-19)8-10-20/h5-6,11,15-16,19-21H,4,7-10H2,1-3H3. The predicted molar refractivity (Wildman–Crippen MR) is 85.0 cm³/mol. The number of aryl methyl sites for hydroxylation is 1. The molecule has 0 radical (unpaired) electrons. The van der Waals surface area contributed by atoms with Crippen LogP contribution >= 0.6 is 0 Å². The van der Waals surface area contributed by atoms with Gasteiger partial charge in [-0.05, 0) is 38.0 Å². The maximum absolute atomic E-state index is 10.9. The van der Waals surface area contributed by atoms with Gasteiger partial charge in [0.15, 0.2) is 0 Å². The maximum atomic E-state index is 10.9. The second-order valence-corrected chi connectivity index (χ2v) is 6.30. The van der Waals surface area contributed by atoms with E-state index in [0.29, 0.717) is 18.8 Å². The minimum Gasteiger partial charge on any atom is -0.486 e. The van der Waals surface area contributed by atoms with Crippen LogP contribution in [-0.4, -0.2) is 58.2 Å². The van der Waals surface area contributed by atoms with Crippen molar-refractivity contribution in [2.45, 2.75) is 44.9 Å². The highest BCUT2D eigenvalue weighted by Gasteiger charge is 2.46. The van der Waals surface area contributed by atoms with Crippen molar-refractivity contribution in [1.82, 2.24) is 4.90 Å². The molecule has 1 aromatic rings. The smallest absolute Gasteiger partial charge is 0.126 e. The molecule has 2 unspecified atom stereocenters. The van der Waals surface area contributed by atoms with Crippen LogP contribution in [0.25, 0.3) is 0 Å². The van der Waals surface area contributed by atoms with Crippen molar-refractivity contribution < 1.29 is 20.1 Å². The van der Waals surface area contributed by atoms with Gasteiger partial charge in [-0.3, -0.25) is 4.90 Å². The molecule has 0 aromatic heterocycles. The molecule has 124 valence electrons. The summed E-state index contributed by atoms with van der Waals surface area (Å²) in [4.78, 5) is 1.90. The summed E-state index contributed by atoms with van der Waals surface area (Å²) in [6.45, 7) is 6.65. The van der Waals surface area contributed by atoms with E-state index >= 15 is 0 Å². The molecule has 5 heteroatoms. The Kier molecular flexibility index (Phi) is 5.45. The largest absolute Gasteiger partial charge is 0.486 e. The number of hydrogen-bond acceptors (Lipinski definition) is 5. The summed E-state index contributed by atoms with van der Waals surface area (Å²) in [6, 6.07) is 5.59. The van der Waals surface area contributed by atoms with E-state index in [2.05, 4.69) is 6.92 Å². The van der Waals surface area contributed by atoms with E-state index in [1.54, 1.807) is 0 Å². The molecule has 2 atom stereocenters. The van der Waals surface area contributed by atoms with Crippen LogP contribution < -0.4 is 4.74 Å². The number of fused-ring (bicyclic) bond motifs is 1. The molecule has 0 amide bonds. The number of ether oxygens (including phenoxy) is 1. The molecule has 2 rings (SSSR count). The van der Waals surface area contributed by atoms with Crippen LogP contribution in [0.4, 0.5) is 0 Å². The van der Waals surface area contributed by atoms with E-state index in [1.807, 2.05) is 36.9 Å². The van der Waals surface area contributed by atoms with E-state index in [0.717, 1.165) is 17.5 Å². The van der Waals surface area contributed by atoms with Gasteiger partial charge in [0.05, 0.1) is 19.3 Å². The maximum Gasteiger partial charge on any atom is 0.126 e. The Hall–Kier alpha value is -1.14. The molecule has 22 heavy (non-hydrogen) atoms. The van der Waals surface area contributed by atoms with Crippen LogP contribution in [0.15, 0.2) is 18.2 Å². The number of benzene rings is 1. The van der Waals surface area contributed by atoms with Gasteiger partial charge >= 0.3 is 0 Å². The molecule has 5 nitrogen and oxygen atoms in total. The van der Waals surface area contributed by atoms with Gasteiger partial charge in [0.1, 0.15) is 17.5 Å². The third kappa shape index (κ3) is 3.27. The van der Waals surface area contributed by atoms with Crippen molar-refractivity contribution in [2.24, 2.45) is 0 Å². The minimum absolute atomic E-state index is 0.0266. The molecular weight excluding hydrogens is 282 g/mol. The second kappa shape index (κ2) is 6.96. The Morgan fingerprint density at radius 2 is 1.82 bits per heavy atom. The number of rotatable bonds is 6. The Morgan fingerprint density at radius 3 is 2.36 bits per heavy atom. The molecule has 0 saturated heterocycles. The van der Waals surface area contributed by atoms with Gasteiger partial charge < -0.3 is 20.1 Å². The van der Waals surface area contributed by atoms with E-state index in [4.69, 9.17) is 4.74 Å². The Labute approximate surface area is 132 Å².